The molecule has 5 nitrogen and oxygen atoms in total. The van der Waals surface area contributed by atoms with Gasteiger partial charge in [-0.25, -0.2) is 13.1 Å². The number of rotatable bonds is 4. The van der Waals surface area contributed by atoms with Crippen LogP contribution in [0.15, 0.2) is 57.9 Å². The molecular formula is C15H14BrNO4S. The molecule has 0 fully saturated rings. The molecule has 2 aromatic carbocycles. The summed E-state index contributed by atoms with van der Waals surface area (Å²) in [7, 11) is -3.56. The molecule has 22 heavy (non-hydrogen) atoms. The van der Waals surface area contributed by atoms with E-state index in [2.05, 4.69) is 20.7 Å². The van der Waals surface area contributed by atoms with Gasteiger partial charge in [0.2, 0.25) is 10.0 Å². The molecule has 1 aliphatic rings. The van der Waals surface area contributed by atoms with Crippen LogP contribution in [0, 0.1) is 0 Å². The van der Waals surface area contributed by atoms with Crippen molar-refractivity contribution >= 4 is 26.0 Å². The highest BCUT2D eigenvalue weighted by Crippen LogP contribution is 2.30. The van der Waals surface area contributed by atoms with Gasteiger partial charge in [0.1, 0.15) is 12.7 Å². The van der Waals surface area contributed by atoms with E-state index in [0.29, 0.717) is 18.1 Å². The van der Waals surface area contributed by atoms with Crippen molar-refractivity contribution in [2.24, 2.45) is 0 Å². The predicted octanol–water partition coefficient (Wildman–Crippen LogP) is 2.57. The first kappa shape index (κ1) is 15.3. The van der Waals surface area contributed by atoms with Gasteiger partial charge in [-0.15, -0.1) is 0 Å². The zero-order chi connectivity index (χ0) is 15.6. The molecule has 0 amide bonds. The Bertz CT molecular complexity index is 761. The number of benzene rings is 2. The van der Waals surface area contributed by atoms with Crippen LogP contribution in [0.2, 0.25) is 0 Å². The zero-order valence-corrected chi connectivity index (χ0v) is 13.9. The lowest BCUT2D eigenvalue weighted by Crippen LogP contribution is -2.40. The van der Waals surface area contributed by atoms with E-state index in [1.54, 1.807) is 30.3 Å². The number of hydrogen-bond donors (Lipinski definition) is 1. The molecule has 0 aliphatic carbocycles. The van der Waals surface area contributed by atoms with Crippen LogP contribution in [0.25, 0.3) is 0 Å². The second kappa shape index (κ2) is 6.28. The van der Waals surface area contributed by atoms with Crippen molar-refractivity contribution in [1.29, 1.82) is 0 Å². The van der Waals surface area contributed by atoms with Gasteiger partial charge in [-0.05, 0) is 36.4 Å². The Labute approximate surface area is 137 Å². The second-order valence-electron chi connectivity index (χ2n) is 4.80. The molecular weight excluding hydrogens is 370 g/mol. The van der Waals surface area contributed by atoms with E-state index < -0.39 is 10.0 Å². The van der Waals surface area contributed by atoms with Crippen LogP contribution < -0.4 is 14.2 Å². The van der Waals surface area contributed by atoms with E-state index in [9.17, 15) is 8.42 Å². The fourth-order valence-electron chi connectivity index (χ4n) is 2.06. The number of para-hydroxylation sites is 2. The smallest absolute Gasteiger partial charge is 0.240 e. The maximum absolute atomic E-state index is 12.2. The van der Waals surface area contributed by atoms with Crippen molar-refractivity contribution in [3.05, 3.63) is 53.0 Å². The average Bonchev–Trinajstić information content (AvgIpc) is 2.53. The number of fused-ring (bicyclic) bond motifs is 1. The minimum Gasteiger partial charge on any atom is -0.486 e. The Balaban J connectivity index is 1.64. The summed E-state index contributed by atoms with van der Waals surface area (Å²) in [6, 6.07) is 13.8. The highest BCUT2D eigenvalue weighted by Gasteiger charge is 2.23. The van der Waals surface area contributed by atoms with Crippen molar-refractivity contribution in [2.75, 3.05) is 13.2 Å². The van der Waals surface area contributed by atoms with Crippen LogP contribution in [0.5, 0.6) is 11.5 Å². The van der Waals surface area contributed by atoms with Gasteiger partial charge < -0.3 is 9.47 Å². The van der Waals surface area contributed by atoms with Gasteiger partial charge in [-0.1, -0.05) is 28.1 Å². The molecule has 0 saturated carbocycles. The van der Waals surface area contributed by atoms with Gasteiger partial charge in [0.15, 0.2) is 11.5 Å². The van der Waals surface area contributed by atoms with Crippen molar-refractivity contribution in [3.8, 4) is 11.5 Å². The molecule has 0 saturated heterocycles. The third kappa shape index (κ3) is 3.43. The summed E-state index contributed by atoms with van der Waals surface area (Å²) in [6.45, 7) is 0.451. The Morgan fingerprint density at radius 2 is 1.77 bits per heavy atom. The van der Waals surface area contributed by atoms with E-state index >= 15 is 0 Å². The summed E-state index contributed by atoms with van der Waals surface area (Å²) >= 11 is 3.28. The van der Waals surface area contributed by atoms with Crippen LogP contribution in [0.1, 0.15) is 0 Å². The quantitative estimate of drug-likeness (QED) is 0.880. The number of ether oxygens (including phenoxy) is 2. The van der Waals surface area contributed by atoms with Gasteiger partial charge in [-0.3, -0.25) is 0 Å². The zero-order valence-electron chi connectivity index (χ0n) is 11.5. The summed E-state index contributed by atoms with van der Waals surface area (Å²) in [5.41, 5.74) is 0. The Hall–Kier alpha value is -1.57. The maximum Gasteiger partial charge on any atom is 0.240 e. The van der Waals surface area contributed by atoms with Crippen LogP contribution in [-0.4, -0.2) is 27.7 Å². The summed E-state index contributed by atoms with van der Waals surface area (Å²) in [5, 5.41) is 0. The molecule has 7 heteroatoms. The summed E-state index contributed by atoms with van der Waals surface area (Å²) in [4.78, 5) is 0.216. The molecule has 0 spiro atoms. The molecule has 0 bridgehead atoms. The van der Waals surface area contributed by atoms with Crippen LogP contribution in [0.4, 0.5) is 0 Å². The van der Waals surface area contributed by atoms with Crippen molar-refractivity contribution in [1.82, 2.24) is 4.72 Å². The number of nitrogens with one attached hydrogen (secondary N) is 1. The third-order valence-electron chi connectivity index (χ3n) is 3.19. The monoisotopic (exact) mass is 383 g/mol. The van der Waals surface area contributed by atoms with E-state index in [4.69, 9.17) is 9.47 Å². The van der Waals surface area contributed by atoms with E-state index in [1.165, 1.54) is 0 Å². The Kier molecular flexibility index (Phi) is 4.37. The molecule has 3 rings (SSSR count). The fraction of sp³-hybridized carbons (Fsp3) is 0.200. The molecule has 1 aliphatic heterocycles. The molecule has 0 unspecified atom stereocenters. The number of hydrogen-bond acceptors (Lipinski definition) is 4. The van der Waals surface area contributed by atoms with Gasteiger partial charge in [0.05, 0.1) is 11.4 Å². The lowest BCUT2D eigenvalue weighted by atomic mass is 10.2. The van der Waals surface area contributed by atoms with Crippen LogP contribution in [0.3, 0.4) is 0 Å². The van der Waals surface area contributed by atoms with Crippen molar-refractivity contribution in [3.63, 3.8) is 0 Å². The van der Waals surface area contributed by atoms with Gasteiger partial charge in [0.25, 0.3) is 0 Å². The van der Waals surface area contributed by atoms with E-state index in [0.717, 1.165) is 4.47 Å². The summed E-state index contributed by atoms with van der Waals surface area (Å²) < 4.78 is 39.1. The Morgan fingerprint density at radius 3 is 2.50 bits per heavy atom. The molecule has 1 heterocycles. The molecule has 2 aromatic rings. The second-order valence-corrected chi connectivity index (χ2v) is 7.49. The summed E-state index contributed by atoms with van der Waals surface area (Å²) in [6.07, 6.45) is -0.361. The average molecular weight is 384 g/mol. The van der Waals surface area contributed by atoms with Crippen molar-refractivity contribution < 1.29 is 17.9 Å². The molecule has 116 valence electrons. The first-order chi connectivity index (χ1) is 10.5. The highest BCUT2D eigenvalue weighted by molar-refractivity contribution is 9.10. The third-order valence-corrected chi connectivity index (χ3v) is 5.16. The minimum absolute atomic E-state index is 0.146. The van der Waals surface area contributed by atoms with Gasteiger partial charge in [-0.2, -0.15) is 0 Å². The first-order valence-electron chi connectivity index (χ1n) is 6.68. The van der Waals surface area contributed by atoms with Gasteiger partial charge in [0, 0.05) is 4.47 Å². The fourth-order valence-corrected chi connectivity index (χ4v) is 3.39. The maximum atomic E-state index is 12.2. The number of sulfonamides is 1. The Morgan fingerprint density at radius 1 is 1.09 bits per heavy atom. The van der Waals surface area contributed by atoms with Crippen molar-refractivity contribution in [2.45, 2.75) is 11.0 Å². The molecule has 0 aromatic heterocycles. The SMILES string of the molecule is O=S(=O)(NC[C@@H]1COc2ccccc2O1)c1ccc(Br)cc1. The van der Waals surface area contributed by atoms with E-state index in [-0.39, 0.29) is 17.5 Å². The summed E-state index contributed by atoms with van der Waals surface area (Å²) in [5.74, 6) is 1.30. The van der Waals surface area contributed by atoms with Gasteiger partial charge >= 0.3 is 0 Å². The lowest BCUT2D eigenvalue weighted by Gasteiger charge is -2.26. The lowest BCUT2D eigenvalue weighted by molar-refractivity contribution is 0.0943. The van der Waals surface area contributed by atoms with Crippen LogP contribution in [-0.2, 0) is 10.0 Å². The predicted molar refractivity (Wildman–Crippen MR) is 85.7 cm³/mol. The number of halogens is 1. The highest BCUT2D eigenvalue weighted by atomic mass is 79.9. The molecule has 1 N–H and O–H groups in total. The normalized spacial score (nSPS) is 17.2. The standard InChI is InChI=1S/C15H14BrNO4S/c16-11-5-7-13(8-6-11)22(18,19)17-9-12-10-20-14-3-1-2-4-15(14)21-12/h1-8,12,17H,9-10H2/t12-/m1/s1. The molecule has 0 radical (unpaired) electrons. The largest absolute Gasteiger partial charge is 0.486 e. The minimum atomic E-state index is -3.56. The molecule has 1 atom stereocenters. The first-order valence-corrected chi connectivity index (χ1v) is 8.96. The van der Waals surface area contributed by atoms with Crippen LogP contribution >= 0.6 is 15.9 Å². The van der Waals surface area contributed by atoms with E-state index in [1.807, 2.05) is 18.2 Å². The topological polar surface area (TPSA) is 64.6 Å².